The van der Waals surface area contributed by atoms with Crippen LogP contribution in [0, 0.1) is 0 Å². The maximum Gasteiger partial charge on any atom is 0.0400 e. The summed E-state index contributed by atoms with van der Waals surface area (Å²) in [6.45, 7) is 5.80. The molecule has 1 aromatic heterocycles. The molecule has 1 heterocycles. The van der Waals surface area contributed by atoms with Crippen LogP contribution in [0.25, 0.3) is 4.91 Å². The van der Waals surface area contributed by atoms with Gasteiger partial charge in [-0.25, -0.2) is 0 Å². The van der Waals surface area contributed by atoms with Crippen LogP contribution in [0.3, 0.4) is 0 Å². The molecule has 1 rings (SSSR count). The van der Waals surface area contributed by atoms with E-state index in [-0.39, 0.29) is 0 Å². The van der Waals surface area contributed by atoms with E-state index < -0.39 is 0 Å². The molecular formula is C8H10S3. The van der Waals surface area contributed by atoms with Gasteiger partial charge in [0.25, 0.3) is 0 Å². The van der Waals surface area contributed by atoms with Crippen LogP contribution in [0.4, 0.5) is 0 Å². The molecule has 1 atom stereocenters. The van der Waals surface area contributed by atoms with Gasteiger partial charge in [0.05, 0.1) is 0 Å². The van der Waals surface area contributed by atoms with E-state index in [9.17, 15) is 0 Å². The fourth-order valence-electron chi connectivity index (χ4n) is 0.732. The maximum atomic E-state index is 4.33. The third-order valence-electron chi connectivity index (χ3n) is 1.32. The lowest BCUT2D eigenvalue weighted by Crippen LogP contribution is -1.73. The lowest BCUT2D eigenvalue weighted by atomic mass is 10.3. The zero-order valence-electron chi connectivity index (χ0n) is 6.24. The zero-order valence-corrected chi connectivity index (χ0v) is 8.85. The van der Waals surface area contributed by atoms with Crippen molar-refractivity contribution in [2.24, 2.45) is 0 Å². The second-order valence-electron chi connectivity index (χ2n) is 2.32. The summed E-state index contributed by atoms with van der Waals surface area (Å²) >= 11 is 10.2. The highest BCUT2D eigenvalue weighted by Gasteiger charge is 2.04. The zero-order chi connectivity index (χ0) is 8.43. The Hall–Kier alpha value is 0.140. The average molecular weight is 202 g/mol. The monoisotopic (exact) mass is 202 g/mol. The number of hydrogen-bond acceptors (Lipinski definition) is 3. The molecule has 60 valence electrons. The molecule has 0 spiro atoms. The first-order valence-corrected chi connectivity index (χ1v) is 5.05. The summed E-state index contributed by atoms with van der Waals surface area (Å²) in [5.74, 6) is 0. The normalized spacial score (nSPS) is 13.0. The highest BCUT2D eigenvalue weighted by molar-refractivity contribution is 7.90. The SMILES string of the molecule is C=C(S)c1ccc(C(C)S)s1. The van der Waals surface area contributed by atoms with Gasteiger partial charge in [-0.1, -0.05) is 6.58 Å². The predicted molar refractivity (Wildman–Crippen MR) is 59.7 cm³/mol. The number of hydrogen-bond donors (Lipinski definition) is 2. The Kier molecular flexibility index (Phi) is 3.10. The van der Waals surface area contributed by atoms with Crippen molar-refractivity contribution in [3.63, 3.8) is 0 Å². The van der Waals surface area contributed by atoms with E-state index in [0.29, 0.717) is 5.25 Å². The number of rotatable bonds is 2. The summed E-state index contributed by atoms with van der Waals surface area (Å²) in [4.78, 5) is 3.22. The van der Waals surface area contributed by atoms with Crippen LogP contribution in [0.1, 0.15) is 21.9 Å². The van der Waals surface area contributed by atoms with Crippen molar-refractivity contribution in [2.75, 3.05) is 0 Å². The fraction of sp³-hybridized carbons (Fsp3) is 0.250. The van der Waals surface area contributed by atoms with Gasteiger partial charge in [0.2, 0.25) is 0 Å². The summed E-state index contributed by atoms with van der Waals surface area (Å²) in [7, 11) is 0. The summed E-state index contributed by atoms with van der Waals surface area (Å²) in [6.07, 6.45) is 0. The Morgan fingerprint density at radius 1 is 1.64 bits per heavy atom. The van der Waals surface area contributed by atoms with Gasteiger partial charge < -0.3 is 0 Å². The topological polar surface area (TPSA) is 0 Å². The molecule has 0 aromatic carbocycles. The van der Waals surface area contributed by atoms with Crippen molar-refractivity contribution in [1.29, 1.82) is 0 Å². The van der Waals surface area contributed by atoms with Crippen molar-refractivity contribution < 1.29 is 0 Å². The highest BCUT2D eigenvalue weighted by Crippen LogP contribution is 2.31. The Morgan fingerprint density at radius 3 is 2.55 bits per heavy atom. The Labute approximate surface area is 82.2 Å². The molecule has 0 radical (unpaired) electrons. The molecule has 1 aromatic rings. The van der Waals surface area contributed by atoms with Gasteiger partial charge in [0.15, 0.2) is 0 Å². The molecule has 0 amide bonds. The van der Waals surface area contributed by atoms with Gasteiger partial charge in [-0.3, -0.25) is 0 Å². The Morgan fingerprint density at radius 2 is 2.27 bits per heavy atom. The number of thiol groups is 2. The highest BCUT2D eigenvalue weighted by atomic mass is 32.1. The van der Waals surface area contributed by atoms with E-state index in [2.05, 4.69) is 44.8 Å². The first kappa shape index (κ1) is 9.23. The van der Waals surface area contributed by atoms with Gasteiger partial charge in [-0.15, -0.1) is 24.0 Å². The molecule has 3 heteroatoms. The fourth-order valence-corrected chi connectivity index (χ4v) is 2.00. The van der Waals surface area contributed by atoms with Gasteiger partial charge in [-0.2, -0.15) is 12.6 Å². The molecule has 0 aliphatic carbocycles. The molecule has 0 N–H and O–H groups in total. The minimum Gasteiger partial charge on any atom is -0.171 e. The number of thiophene rings is 1. The first-order valence-electron chi connectivity index (χ1n) is 3.27. The predicted octanol–water partition coefficient (Wildman–Crippen LogP) is 3.64. The molecule has 0 saturated heterocycles. The lowest BCUT2D eigenvalue weighted by Gasteiger charge is -1.96. The van der Waals surface area contributed by atoms with Crippen molar-refractivity contribution >= 4 is 41.5 Å². The van der Waals surface area contributed by atoms with E-state index in [1.807, 2.05) is 6.07 Å². The third-order valence-corrected chi connectivity index (χ3v) is 3.50. The van der Waals surface area contributed by atoms with Crippen molar-refractivity contribution in [3.8, 4) is 0 Å². The van der Waals surface area contributed by atoms with Gasteiger partial charge in [-0.05, 0) is 19.1 Å². The second-order valence-corrected chi connectivity index (χ2v) is 4.75. The smallest absolute Gasteiger partial charge is 0.0400 e. The van der Waals surface area contributed by atoms with Crippen LogP contribution in [-0.4, -0.2) is 0 Å². The van der Waals surface area contributed by atoms with E-state index in [4.69, 9.17) is 0 Å². The van der Waals surface area contributed by atoms with Crippen molar-refractivity contribution in [2.45, 2.75) is 12.2 Å². The standard InChI is InChI=1S/C8H10S3/c1-5(9)7-3-4-8(11-7)6(2)10/h3-4,6,9-10H,1H2,2H3. The van der Waals surface area contributed by atoms with Crippen LogP contribution in [-0.2, 0) is 0 Å². The summed E-state index contributed by atoms with van der Waals surface area (Å²) < 4.78 is 0. The molecule has 0 aliphatic rings. The van der Waals surface area contributed by atoms with Gasteiger partial charge >= 0.3 is 0 Å². The van der Waals surface area contributed by atoms with E-state index in [1.165, 1.54) is 4.88 Å². The first-order chi connectivity index (χ1) is 5.11. The Bertz CT molecular complexity index is 260. The van der Waals surface area contributed by atoms with E-state index in [1.54, 1.807) is 11.3 Å². The minimum atomic E-state index is 0.307. The summed E-state index contributed by atoms with van der Waals surface area (Å²) in [6, 6.07) is 4.10. The third kappa shape index (κ3) is 2.29. The molecule has 0 aliphatic heterocycles. The second kappa shape index (κ2) is 3.70. The molecule has 0 nitrogen and oxygen atoms in total. The van der Waals surface area contributed by atoms with Crippen LogP contribution < -0.4 is 0 Å². The Balaban J connectivity index is 2.90. The van der Waals surface area contributed by atoms with Crippen LogP contribution in [0.5, 0.6) is 0 Å². The summed E-state index contributed by atoms with van der Waals surface area (Å²) in [5, 5.41) is 0.307. The van der Waals surface area contributed by atoms with Gasteiger partial charge in [0.1, 0.15) is 0 Å². The van der Waals surface area contributed by atoms with E-state index in [0.717, 1.165) is 9.78 Å². The summed E-state index contributed by atoms with van der Waals surface area (Å²) in [5.41, 5.74) is 0. The van der Waals surface area contributed by atoms with Crippen molar-refractivity contribution in [1.82, 2.24) is 0 Å². The minimum absolute atomic E-state index is 0.307. The molecule has 0 fully saturated rings. The molecule has 11 heavy (non-hydrogen) atoms. The molecule has 0 saturated carbocycles. The van der Waals surface area contributed by atoms with Crippen LogP contribution in [0.15, 0.2) is 18.7 Å². The quantitative estimate of drug-likeness (QED) is 0.672. The average Bonchev–Trinajstić information content (AvgIpc) is 2.33. The lowest BCUT2D eigenvalue weighted by molar-refractivity contribution is 1.15. The molecule has 0 bridgehead atoms. The van der Waals surface area contributed by atoms with Crippen LogP contribution in [0.2, 0.25) is 0 Å². The van der Waals surface area contributed by atoms with E-state index >= 15 is 0 Å². The van der Waals surface area contributed by atoms with Gasteiger partial charge in [0, 0.05) is 19.9 Å². The van der Waals surface area contributed by atoms with Crippen molar-refractivity contribution in [3.05, 3.63) is 28.5 Å². The largest absolute Gasteiger partial charge is 0.171 e. The van der Waals surface area contributed by atoms with Crippen LogP contribution >= 0.6 is 36.6 Å². The maximum absolute atomic E-state index is 4.33. The molecule has 1 unspecified atom stereocenters. The molecular weight excluding hydrogens is 192 g/mol.